The Bertz CT molecular complexity index is 1080. The fourth-order valence-corrected chi connectivity index (χ4v) is 5.86. The number of benzene rings is 1. The zero-order chi connectivity index (χ0) is 22.2. The lowest BCUT2D eigenvalue weighted by Crippen LogP contribution is -2.53. The smallest absolute Gasteiger partial charge is 0.225 e. The third-order valence-electron chi connectivity index (χ3n) is 7.45. The van der Waals surface area contributed by atoms with Gasteiger partial charge in [-0.15, -0.1) is 0 Å². The summed E-state index contributed by atoms with van der Waals surface area (Å²) in [7, 11) is 0. The standard InChI is InChI=1S/C26H35N5O/c1-4-5-10-30-14-20(26(32)28-17-29-11-9-27-16-29)12-22-21-7-6-8-23-25(21)19(13-24(22)30)15-31(23)18(2)3/h6-9,11,15-16,18,20,22,24H,4-5,10,12-14,17H2,1-3H3,(H,28,32)/t20-,22-,24-/m1/s1. The Morgan fingerprint density at radius 3 is 2.94 bits per heavy atom. The number of amides is 1. The summed E-state index contributed by atoms with van der Waals surface area (Å²) < 4.78 is 4.33. The van der Waals surface area contributed by atoms with E-state index >= 15 is 0 Å². The summed E-state index contributed by atoms with van der Waals surface area (Å²) >= 11 is 0. The lowest BCUT2D eigenvalue weighted by molar-refractivity contribution is -0.128. The monoisotopic (exact) mass is 433 g/mol. The molecule has 3 atom stereocenters. The first-order chi connectivity index (χ1) is 15.6. The average molecular weight is 434 g/mol. The summed E-state index contributed by atoms with van der Waals surface area (Å²) in [5.74, 6) is 0.584. The molecular weight excluding hydrogens is 398 g/mol. The molecule has 0 spiro atoms. The van der Waals surface area contributed by atoms with E-state index in [2.05, 4.69) is 64.9 Å². The van der Waals surface area contributed by atoms with Crippen LogP contribution in [0.5, 0.6) is 0 Å². The number of carbonyl (C=O) groups excluding carboxylic acids is 1. The molecule has 3 heterocycles. The quantitative estimate of drug-likeness (QED) is 0.604. The van der Waals surface area contributed by atoms with Crippen LogP contribution < -0.4 is 5.32 Å². The SMILES string of the molecule is CCCCN1C[C@H](C(=O)NCn2ccnc2)C[C@@H]2c3cccc4c3c(cn4C(C)C)C[C@H]21. The van der Waals surface area contributed by atoms with Crippen molar-refractivity contribution >= 4 is 16.8 Å². The zero-order valence-electron chi connectivity index (χ0n) is 19.5. The normalized spacial score (nSPS) is 22.9. The second kappa shape index (κ2) is 8.74. The van der Waals surface area contributed by atoms with E-state index in [1.807, 2.05) is 10.8 Å². The highest BCUT2D eigenvalue weighted by atomic mass is 16.2. The average Bonchev–Trinajstić information content (AvgIpc) is 3.45. The van der Waals surface area contributed by atoms with Gasteiger partial charge < -0.3 is 14.5 Å². The summed E-state index contributed by atoms with van der Waals surface area (Å²) in [6.07, 6.45) is 12.1. The fraction of sp³-hybridized carbons (Fsp3) is 0.538. The van der Waals surface area contributed by atoms with Crippen LogP contribution in [0.3, 0.4) is 0 Å². The van der Waals surface area contributed by atoms with Gasteiger partial charge in [0.05, 0.1) is 18.9 Å². The van der Waals surface area contributed by atoms with Crippen LogP contribution >= 0.6 is 0 Å². The topological polar surface area (TPSA) is 55.1 Å². The molecule has 3 aromatic rings. The molecule has 0 saturated carbocycles. The molecule has 5 rings (SSSR count). The van der Waals surface area contributed by atoms with Crippen LogP contribution in [0.1, 0.15) is 63.1 Å². The first-order valence-electron chi connectivity index (χ1n) is 12.2. The second-order valence-corrected chi connectivity index (χ2v) is 9.83. The van der Waals surface area contributed by atoms with Crippen molar-refractivity contribution in [2.75, 3.05) is 13.1 Å². The summed E-state index contributed by atoms with van der Waals surface area (Å²) in [6, 6.07) is 7.72. The molecule has 170 valence electrons. The Labute approximate surface area is 190 Å². The molecule has 1 N–H and O–H groups in total. The number of hydrogen-bond donors (Lipinski definition) is 1. The van der Waals surface area contributed by atoms with Crippen molar-refractivity contribution in [1.29, 1.82) is 0 Å². The van der Waals surface area contributed by atoms with Crippen molar-refractivity contribution in [2.45, 2.75) is 71.1 Å². The molecule has 1 amide bonds. The van der Waals surface area contributed by atoms with Crippen LogP contribution in [0, 0.1) is 5.92 Å². The minimum atomic E-state index is 0.0145. The first-order valence-corrected chi connectivity index (χ1v) is 12.2. The molecule has 1 aliphatic heterocycles. The summed E-state index contributed by atoms with van der Waals surface area (Å²) in [5.41, 5.74) is 4.27. The predicted octanol–water partition coefficient (Wildman–Crippen LogP) is 4.32. The number of likely N-dealkylation sites (tertiary alicyclic amines) is 1. The Hall–Kier alpha value is -2.60. The molecule has 1 fully saturated rings. The number of nitrogens with one attached hydrogen (secondary N) is 1. The van der Waals surface area contributed by atoms with Gasteiger partial charge in [0.1, 0.15) is 0 Å². The highest BCUT2D eigenvalue weighted by Crippen LogP contribution is 2.45. The lowest BCUT2D eigenvalue weighted by Gasteiger charge is -2.46. The number of hydrogen-bond acceptors (Lipinski definition) is 3. The van der Waals surface area contributed by atoms with Crippen LogP contribution in [0.25, 0.3) is 10.9 Å². The van der Waals surface area contributed by atoms with Crippen molar-refractivity contribution in [1.82, 2.24) is 24.3 Å². The van der Waals surface area contributed by atoms with Gasteiger partial charge in [-0.05, 0) is 56.8 Å². The summed E-state index contributed by atoms with van der Waals surface area (Å²) in [4.78, 5) is 19.9. The molecule has 32 heavy (non-hydrogen) atoms. The molecule has 1 aliphatic carbocycles. The van der Waals surface area contributed by atoms with E-state index in [9.17, 15) is 4.79 Å². The van der Waals surface area contributed by atoms with Crippen molar-refractivity contribution in [3.63, 3.8) is 0 Å². The third-order valence-corrected chi connectivity index (χ3v) is 7.45. The molecule has 2 aliphatic rings. The van der Waals surface area contributed by atoms with Crippen LogP contribution in [-0.4, -0.2) is 44.1 Å². The minimum Gasteiger partial charge on any atom is -0.345 e. The molecule has 2 aromatic heterocycles. The van der Waals surface area contributed by atoms with Crippen LogP contribution in [0.4, 0.5) is 0 Å². The molecule has 6 nitrogen and oxygen atoms in total. The summed E-state index contributed by atoms with van der Waals surface area (Å²) in [5, 5.41) is 4.59. The van der Waals surface area contributed by atoms with E-state index in [1.165, 1.54) is 34.9 Å². The maximum absolute atomic E-state index is 13.2. The van der Waals surface area contributed by atoms with Crippen molar-refractivity contribution in [3.05, 3.63) is 54.2 Å². The molecular formula is C26H35N5O. The molecule has 1 aromatic carbocycles. The molecule has 1 saturated heterocycles. The van der Waals surface area contributed by atoms with Crippen LogP contribution in [0.2, 0.25) is 0 Å². The molecule has 6 heteroatoms. The lowest BCUT2D eigenvalue weighted by atomic mass is 9.72. The minimum absolute atomic E-state index is 0.0145. The number of aromatic nitrogens is 3. The van der Waals surface area contributed by atoms with Gasteiger partial charge in [-0.1, -0.05) is 25.5 Å². The van der Waals surface area contributed by atoms with Crippen molar-refractivity contribution in [3.8, 4) is 0 Å². The Morgan fingerprint density at radius 1 is 1.31 bits per heavy atom. The van der Waals surface area contributed by atoms with E-state index in [1.54, 1.807) is 12.5 Å². The van der Waals surface area contributed by atoms with Crippen LogP contribution in [0.15, 0.2) is 43.1 Å². The number of imidazole rings is 1. The Morgan fingerprint density at radius 2 is 2.19 bits per heavy atom. The highest BCUT2D eigenvalue weighted by Gasteiger charge is 2.42. The maximum Gasteiger partial charge on any atom is 0.225 e. The molecule has 0 radical (unpaired) electrons. The second-order valence-electron chi connectivity index (χ2n) is 9.83. The molecule has 0 unspecified atom stereocenters. The van der Waals surface area contributed by atoms with E-state index in [4.69, 9.17) is 0 Å². The van der Waals surface area contributed by atoms with Crippen molar-refractivity contribution in [2.24, 2.45) is 5.92 Å². The number of nitrogens with zero attached hydrogens (tertiary/aromatic N) is 4. The van der Waals surface area contributed by atoms with Gasteiger partial charge in [0.25, 0.3) is 0 Å². The van der Waals surface area contributed by atoms with Crippen LogP contribution in [-0.2, 0) is 17.9 Å². The number of unbranched alkanes of at least 4 members (excludes halogenated alkanes) is 1. The van der Waals surface area contributed by atoms with Crippen molar-refractivity contribution < 1.29 is 4.79 Å². The molecule has 0 bridgehead atoms. The van der Waals surface area contributed by atoms with Gasteiger partial charge in [-0.2, -0.15) is 0 Å². The third kappa shape index (κ3) is 3.75. The van der Waals surface area contributed by atoms with E-state index in [0.717, 1.165) is 25.9 Å². The maximum atomic E-state index is 13.2. The van der Waals surface area contributed by atoms with Gasteiger partial charge in [-0.3, -0.25) is 9.69 Å². The largest absolute Gasteiger partial charge is 0.345 e. The first kappa shape index (κ1) is 21.3. The number of piperidine rings is 1. The van der Waals surface area contributed by atoms with Gasteiger partial charge in [0, 0.05) is 54.0 Å². The zero-order valence-corrected chi connectivity index (χ0v) is 19.5. The van der Waals surface area contributed by atoms with Gasteiger partial charge in [-0.25, -0.2) is 4.98 Å². The van der Waals surface area contributed by atoms with Gasteiger partial charge >= 0.3 is 0 Å². The van der Waals surface area contributed by atoms with Gasteiger partial charge in [0.2, 0.25) is 5.91 Å². The Balaban J connectivity index is 1.45. The number of rotatable bonds is 7. The van der Waals surface area contributed by atoms with Gasteiger partial charge in [0.15, 0.2) is 0 Å². The predicted molar refractivity (Wildman–Crippen MR) is 128 cm³/mol. The number of fused-ring (bicyclic) bond motifs is 2. The Kier molecular flexibility index (Phi) is 5.80. The fourth-order valence-electron chi connectivity index (χ4n) is 5.86. The summed E-state index contributed by atoms with van der Waals surface area (Å²) in [6.45, 7) is 9.17. The van der Waals surface area contributed by atoms with E-state index in [0.29, 0.717) is 24.7 Å². The highest BCUT2D eigenvalue weighted by molar-refractivity contribution is 5.89. The number of carbonyl (C=O) groups is 1. The van der Waals surface area contributed by atoms with E-state index in [-0.39, 0.29) is 11.8 Å². The van der Waals surface area contributed by atoms with E-state index < -0.39 is 0 Å².